The van der Waals surface area contributed by atoms with Gasteiger partial charge in [0.15, 0.2) is 0 Å². The lowest BCUT2D eigenvalue weighted by molar-refractivity contribution is -0.274. The van der Waals surface area contributed by atoms with Crippen molar-refractivity contribution in [2.75, 3.05) is 10.2 Å². The maximum Gasteiger partial charge on any atom is 0.573 e. The molecule has 1 aromatic carbocycles. The fraction of sp³-hybridized carbons (Fsp3) is 0.118. The van der Waals surface area contributed by atoms with Gasteiger partial charge in [0.25, 0.3) is 5.91 Å². The number of halogens is 3. The molecule has 1 aliphatic heterocycles. The van der Waals surface area contributed by atoms with Crippen molar-refractivity contribution < 1.29 is 27.5 Å². The third kappa shape index (κ3) is 2.89. The Morgan fingerprint density at radius 3 is 2.71 bits per heavy atom. The van der Waals surface area contributed by atoms with E-state index >= 15 is 0 Å². The lowest BCUT2D eigenvalue weighted by atomic mass is 10.1. The highest BCUT2D eigenvalue weighted by atomic mass is 32.1. The van der Waals surface area contributed by atoms with Crippen LogP contribution in [0.4, 0.5) is 35.0 Å². The van der Waals surface area contributed by atoms with Crippen LogP contribution < -0.4 is 20.7 Å². The number of nitrogens with two attached hydrogens (primary N) is 1. The van der Waals surface area contributed by atoms with Gasteiger partial charge < -0.3 is 15.8 Å². The van der Waals surface area contributed by atoms with Gasteiger partial charge in [-0.2, -0.15) is 0 Å². The Balaban J connectivity index is 1.90. The molecule has 4 rings (SSSR count). The molecule has 0 saturated heterocycles. The largest absolute Gasteiger partial charge is 0.573 e. The molecule has 3 heterocycles. The number of anilines is 3. The van der Waals surface area contributed by atoms with Gasteiger partial charge in [-0.05, 0) is 36.8 Å². The van der Waals surface area contributed by atoms with E-state index in [1.807, 2.05) is 0 Å². The number of thiophene rings is 1. The lowest BCUT2D eigenvalue weighted by Gasteiger charge is -2.29. The highest BCUT2D eigenvalue weighted by Crippen LogP contribution is 2.47. The Labute approximate surface area is 159 Å². The number of ether oxygens (including phenoxy) is 1. The van der Waals surface area contributed by atoms with Crippen LogP contribution in [0, 0.1) is 6.92 Å². The molecule has 0 spiro atoms. The molecule has 11 heteroatoms. The molecular formula is C17H11F3N4O3S. The van der Waals surface area contributed by atoms with Crippen LogP contribution in [0.1, 0.15) is 15.2 Å². The monoisotopic (exact) mass is 408 g/mol. The molecule has 0 fully saturated rings. The third-order valence-electron chi connectivity index (χ3n) is 4.10. The Hall–Kier alpha value is -3.34. The van der Waals surface area contributed by atoms with Crippen LogP contribution in [0.2, 0.25) is 0 Å². The Morgan fingerprint density at radius 2 is 2.07 bits per heavy atom. The summed E-state index contributed by atoms with van der Waals surface area (Å²) in [5, 5.41) is 3.23. The molecule has 28 heavy (non-hydrogen) atoms. The second-order valence-electron chi connectivity index (χ2n) is 5.94. The Morgan fingerprint density at radius 1 is 1.32 bits per heavy atom. The number of amides is 3. The summed E-state index contributed by atoms with van der Waals surface area (Å²) in [6.07, 6.45) is -3.34. The first kappa shape index (κ1) is 18.0. The summed E-state index contributed by atoms with van der Waals surface area (Å²) in [5.41, 5.74) is 6.83. The smallest absolute Gasteiger partial charge is 0.406 e. The summed E-state index contributed by atoms with van der Waals surface area (Å²) in [4.78, 5) is 30.8. The van der Waals surface area contributed by atoms with Gasteiger partial charge in [-0.15, -0.1) is 24.5 Å². The maximum absolute atomic E-state index is 12.8. The highest BCUT2D eigenvalue weighted by molar-refractivity contribution is 7.21. The predicted octanol–water partition coefficient (Wildman–Crippen LogP) is 4.29. The second kappa shape index (κ2) is 6.09. The van der Waals surface area contributed by atoms with Crippen LogP contribution in [0.3, 0.4) is 0 Å². The summed E-state index contributed by atoms with van der Waals surface area (Å²) < 4.78 is 41.3. The van der Waals surface area contributed by atoms with E-state index in [4.69, 9.17) is 5.73 Å². The molecule has 0 aliphatic carbocycles. The number of nitrogens with zero attached hydrogens (tertiary/aromatic N) is 2. The van der Waals surface area contributed by atoms with Crippen LogP contribution in [0.25, 0.3) is 10.2 Å². The predicted molar refractivity (Wildman–Crippen MR) is 97.2 cm³/mol. The van der Waals surface area contributed by atoms with Crippen molar-refractivity contribution in [1.82, 2.24) is 4.98 Å². The highest BCUT2D eigenvalue weighted by Gasteiger charge is 2.35. The van der Waals surface area contributed by atoms with Gasteiger partial charge in [-0.3, -0.25) is 9.69 Å². The SMILES string of the molecule is Cc1cc(OC(F)(F)F)ccc1N1C(=O)Nc2ccnc3sc(C(N)=O)c1c23. The fourth-order valence-corrected chi connectivity index (χ4v) is 4.08. The van der Waals surface area contributed by atoms with Crippen LogP contribution in [-0.2, 0) is 0 Å². The average Bonchev–Trinajstić information content (AvgIpc) is 2.96. The number of hydrogen-bond acceptors (Lipinski definition) is 5. The number of hydrogen-bond donors (Lipinski definition) is 2. The molecule has 7 nitrogen and oxygen atoms in total. The first-order valence-electron chi connectivity index (χ1n) is 7.84. The van der Waals surface area contributed by atoms with E-state index in [1.165, 1.54) is 24.1 Å². The molecule has 144 valence electrons. The summed E-state index contributed by atoms with van der Waals surface area (Å²) in [5.74, 6) is -1.16. The van der Waals surface area contributed by atoms with Gasteiger partial charge in [0, 0.05) is 6.20 Å². The number of aromatic nitrogens is 1. The zero-order valence-corrected chi connectivity index (χ0v) is 14.9. The van der Waals surface area contributed by atoms with E-state index in [2.05, 4.69) is 15.0 Å². The minimum atomic E-state index is -4.83. The molecule has 0 atom stereocenters. The lowest BCUT2D eigenvalue weighted by Crippen LogP contribution is -2.35. The molecule has 0 radical (unpaired) electrons. The molecular weight excluding hydrogens is 397 g/mol. The molecule has 0 saturated carbocycles. The van der Waals surface area contributed by atoms with Gasteiger partial charge >= 0.3 is 12.4 Å². The number of carbonyl (C=O) groups is 2. The molecule has 3 N–H and O–H groups in total. The number of pyridine rings is 1. The number of alkyl halides is 3. The topological polar surface area (TPSA) is 97.6 Å². The van der Waals surface area contributed by atoms with Crippen molar-refractivity contribution in [3.63, 3.8) is 0 Å². The van der Waals surface area contributed by atoms with Crippen LogP contribution in [0.15, 0.2) is 30.5 Å². The standard InChI is InChI=1S/C17H11F3N4O3S/c1-7-6-8(27-17(18,19)20)2-3-10(7)24-12-11-9(23-16(24)26)4-5-22-15(11)28-13(12)14(21)25/h2-6H,1H3,(H2,21,25)(H,23,26). The summed E-state index contributed by atoms with van der Waals surface area (Å²) in [6.45, 7) is 1.53. The van der Waals surface area contributed by atoms with Crippen molar-refractivity contribution >= 4 is 50.6 Å². The number of benzene rings is 1. The van der Waals surface area contributed by atoms with Crippen LogP contribution >= 0.6 is 11.3 Å². The van der Waals surface area contributed by atoms with Crippen molar-refractivity contribution in [2.24, 2.45) is 5.73 Å². The van der Waals surface area contributed by atoms with Gasteiger partial charge in [0.1, 0.15) is 15.5 Å². The normalized spacial score (nSPS) is 13.6. The van der Waals surface area contributed by atoms with Crippen molar-refractivity contribution in [3.05, 3.63) is 40.9 Å². The van der Waals surface area contributed by atoms with Crippen molar-refractivity contribution in [2.45, 2.75) is 13.3 Å². The van der Waals surface area contributed by atoms with Gasteiger partial charge in [0.2, 0.25) is 0 Å². The minimum absolute atomic E-state index is 0.125. The Kier molecular flexibility index (Phi) is 3.93. The van der Waals surface area contributed by atoms with E-state index in [0.717, 1.165) is 23.5 Å². The van der Waals surface area contributed by atoms with E-state index in [0.29, 0.717) is 21.5 Å². The van der Waals surface area contributed by atoms with Crippen molar-refractivity contribution in [1.29, 1.82) is 0 Å². The summed E-state index contributed by atoms with van der Waals surface area (Å²) in [7, 11) is 0. The van der Waals surface area contributed by atoms with Gasteiger partial charge in [0.05, 0.1) is 22.4 Å². The summed E-state index contributed by atoms with van der Waals surface area (Å²) >= 11 is 1.04. The van der Waals surface area contributed by atoms with E-state index < -0.39 is 24.1 Å². The van der Waals surface area contributed by atoms with Crippen LogP contribution in [-0.4, -0.2) is 23.3 Å². The number of rotatable bonds is 3. The quantitative estimate of drug-likeness (QED) is 0.676. The number of urea groups is 1. The average molecular weight is 408 g/mol. The van der Waals surface area contributed by atoms with Gasteiger partial charge in [-0.1, -0.05) is 0 Å². The first-order valence-corrected chi connectivity index (χ1v) is 8.66. The zero-order valence-electron chi connectivity index (χ0n) is 14.1. The van der Waals surface area contributed by atoms with Crippen LogP contribution in [0.5, 0.6) is 5.75 Å². The number of primary amides is 1. The molecule has 1 aliphatic rings. The second-order valence-corrected chi connectivity index (χ2v) is 6.94. The van der Waals surface area contributed by atoms with E-state index in [-0.39, 0.29) is 16.3 Å². The molecule has 3 amide bonds. The third-order valence-corrected chi connectivity index (χ3v) is 5.20. The Bertz CT molecular complexity index is 1140. The molecule has 0 unspecified atom stereocenters. The number of nitrogens with one attached hydrogen (secondary N) is 1. The molecule has 3 aromatic rings. The fourth-order valence-electron chi connectivity index (χ4n) is 3.07. The van der Waals surface area contributed by atoms with E-state index in [9.17, 15) is 22.8 Å². The number of carbonyl (C=O) groups excluding carboxylic acids is 2. The summed E-state index contributed by atoms with van der Waals surface area (Å²) in [6, 6.07) is 4.57. The van der Waals surface area contributed by atoms with Gasteiger partial charge in [-0.25, -0.2) is 9.78 Å². The minimum Gasteiger partial charge on any atom is -0.406 e. The maximum atomic E-state index is 12.8. The number of aryl methyl sites for hydroxylation is 1. The van der Waals surface area contributed by atoms with Crippen molar-refractivity contribution in [3.8, 4) is 5.75 Å². The first-order chi connectivity index (χ1) is 13.2. The molecule has 0 bridgehead atoms. The molecule has 2 aromatic heterocycles. The van der Waals surface area contributed by atoms with E-state index in [1.54, 1.807) is 6.07 Å². The zero-order chi connectivity index (χ0) is 20.2.